The summed E-state index contributed by atoms with van der Waals surface area (Å²) in [7, 11) is 0. The molecule has 24 heavy (non-hydrogen) atoms. The van der Waals surface area contributed by atoms with Gasteiger partial charge in [0, 0.05) is 4.47 Å². The molecule has 2 N–H and O–H groups in total. The van der Waals surface area contributed by atoms with Crippen molar-refractivity contribution in [1.82, 2.24) is 0 Å². The van der Waals surface area contributed by atoms with E-state index in [0.29, 0.717) is 12.8 Å². The van der Waals surface area contributed by atoms with Gasteiger partial charge >= 0.3 is 0 Å². The molecule has 0 radical (unpaired) electrons. The molecule has 1 aliphatic carbocycles. The molecule has 1 aromatic rings. The maximum atomic E-state index is 12.4. The molecule has 4 nitrogen and oxygen atoms in total. The number of halogens is 1. The summed E-state index contributed by atoms with van der Waals surface area (Å²) >= 11 is 3.33. The van der Waals surface area contributed by atoms with E-state index in [1.807, 2.05) is 31.2 Å². The zero-order valence-corrected chi connectivity index (χ0v) is 14.9. The van der Waals surface area contributed by atoms with Gasteiger partial charge in [0.05, 0.1) is 5.92 Å². The fourth-order valence-electron chi connectivity index (χ4n) is 2.56. The van der Waals surface area contributed by atoms with Gasteiger partial charge in [0.15, 0.2) is 11.6 Å². The lowest BCUT2D eigenvalue weighted by Crippen LogP contribution is -2.23. The Morgan fingerprint density at radius 3 is 2.46 bits per heavy atom. The molecule has 1 aliphatic rings. The summed E-state index contributed by atoms with van der Waals surface area (Å²) in [5, 5.41) is 20.1. The highest BCUT2D eigenvalue weighted by atomic mass is 79.9. The summed E-state index contributed by atoms with van der Waals surface area (Å²) in [6.07, 6.45) is 2.40. The Morgan fingerprint density at radius 2 is 1.88 bits per heavy atom. The average molecular weight is 391 g/mol. The van der Waals surface area contributed by atoms with Crippen LogP contribution in [-0.4, -0.2) is 27.9 Å². The number of carbonyl (C=O) groups is 2. The third-order valence-electron chi connectivity index (χ3n) is 3.92. The first-order valence-corrected chi connectivity index (χ1v) is 8.38. The number of hydrogen-bond acceptors (Lipinski definition) is 4. The summed E-state index contributed by atoms with van der Waals surface area (Å²) in [5.74, 6) is -2.45. The molecule has 126 valence electrons. The molecule has 2 rings (SSSR count). The van der Waals surface area contributed by atoms with E-state index in [1.165, 1.54) is 6.08 Å². The van der Waals surface area contributed by atoms with Crippen molar-refractivity contribution in [3.63, 3.8) is 0 Å². The molecule has 1 saturated carbocycles. The monoisotopic (exact) mass is 390 g/mol. The standard InChI is InChI=1S/C19H19BrO4/c1-11(2)3-9-14-17(22)16(19(24)18(14)23)15(21)10-6-12-4-7-13(20)8-5-12/h4-8,10,14,18,21,23H,1,3,9H2,2H3. The van der Waals surface area contributed by atoms with E-state index in [4.69, 9.17) is 0 Å². The number of benzene rings is 1. The fourth-order valence-corrected chi connectivity index (χ4v) is 2.82. The topological polar surface area (TPSA) is 74.6 Å². The predicted molar refractivity (Wildman–Crippen MR) is 96.4 cm³/mol. The average Bonchev–Trinajstić information content (AvgIpc) is 2.74. The minimum Gasteiger partial charge on any atom is -0.507 e. The maximum absolute atomic E-state index is 12.4. The van der Waals surface area contributed by atoms with Crippen molar-refractivity contribution in [1.29, 1.82) is 0 Å². The first kappa shape index (κ1) is 18.4. The van der Waals surface area contributed by atoms with E-state index in [2.05, 4.69) is 22.5 Å². The number of aliphatic hydroxyl groups excluding tert-OH is 2. The summed E-state index contributed by atoms with van der Waals surface area (Å²) in [6.45, 7) is 5.58. The Labute approximate surface area is 149 Å². The smallest absolute Gasteiger partial charge is 0.199 e. The van der Waals surface area contributed by atoms with Gasteiger partial charge in [-0.15, -0.1) is 6.58 Å². The molecule has 0 saturated heterocycles. The lowest BCUT2D eigenvalue weighted by atomic mass is 9.96. The molecule has 0 aromatic heterocycles. The van der Waals surface area contributed by atoms with Gasteiger partial charge in [-0.1, -0.05) is 39.7 Å². The van der Waals surface area contributed by atoms with Crippen molar-refractivity contribution in [2.45, 2.75) is 25.9 Å². The third kappa shape index (κ3) is 4.10. The number of Topliss-reactive ketones (excluding diaryl/α,β-unsaturated/α-hetero) is 2. The van der Waals surface area contributed by atoms with Gasteiger partial charge in [0.1, 0.15) is 17.4 Å². The third-order valence-corrected chi connectivity index (χ3v) is 4.45. The van der Waals surface area contributed by atoms with Crippen molar-refractivity contribution < 1.29 is 19.8 Å². The molecule has 2 atom stereocenters. The summed E-state index contributed by atoms with van der Waals surface area (Å²) in [6, 6.07) is 7.32. The van der Waals surface area contributed by atoms with Crippen LogP contribution in [0.4, 0.5) is 0 Å². The predicted octanol–water partition coefficient (Wildman–Crippen LogP) is 3.76. The lowest BCUT2D eigenvalue weighted by Gasteiger charge is -2.10. The van der Waals surface area contributed by atoms with Crippen LogP contribution in [0.1, 0.15) is 25.3 Å². The molecule has 2 unspecified atom stereocenters. The van der Waals surface area contributed by atoms with E-state index in [9.17, 15) is 19.8 Å². The Hall–Kier alpha value is -1.98. The fraction of sp³-hybridized carbons (Fsp3) is 0.263. The largest absolute Gasteiger partial charge is 0.507 e. The molecule has 5 heteroatoms. The number of rotatable bonds is 5. The second kappa shape index (κ2) is 7.73. The van der Waals surface area contributed by atoms with Crippen molar-refractivity contribution in [2.24, 2.45) is 5.92 Å². The Balaban J connectivity index is 2.23. The van der Waals surface area contributed by atoms with Crippen LogP contribution in [0.15, 0.2) is 58.3 Å². The van der Waals surface area contributed by atoms with Gasteiger partial charge in [-0.25, -0.2) is 0 Å². The molecule has 0 bridgehead atoms. The first-order chi connectivity index (χ1) is 11.3. The Bertz CT molecular complexity index is 728. The number of allylic oxidation sites excluding steroid dienone is 2. The molecule has 1 fully saturated rings. The van der Waals surface area contributed by atoms with Crippen LogP contribution in [0.25, 0.3) is 6.08 Å². The van der Waals surface area contributed by atoms with Gasteiger partial charge in [0.25, 0.3) is 0 Å². The zero-order chi connectivity index (χ0) is 17.9. The van der Waals surface area contributed by atoms with Crippen LogP contribution in [0.5, 0.6) is 0 Å². The highest BCUT2D eigenvalue weighted by molar-refractivity contribution is 9.10. The normalized spacial score (nSPS) is 23.1. The van der Waals surface area contributed by atoms with Gasteiger partial charge in [-0.05, 0) is 43.5 Å². The van der Waals surface area contributed by atoms with E-state index in [1.54, 1.807) is 6.08 Å². The van der Waals surface area contributed by atoms with Crippen LogP contribution in [0, 0.1) is 5.92 Å². The summed E-state index contributed by atoms with van der Waals surface area (Å²) < 4.78 is 0.923. The van der Waals surface area contributed by atoms with E-state index >= 15 is 0 Å². The van der Waals surface area contributed by atoms with Crippen molar-refractivity contribution in [3.05, 3.63) is 63.9 Å². The number of carbonyl (C=O) groups excluding carboxylic acids is 2. The second-order valence-corrected chi connectivity index (χ2v) is 6.84. The summed E-state index contributed by atoms with van der Waals surface area (Å²) in [4.78, 5) is 24.5. The van der Waals surface area contributed by atoms with Gasteiger partial charge in [-0.3, -0.25) is 9.59 Å². The van der Waals surface area contributed by atoms with E-state index in [-0.39, 0.29) is 5.57 Å². The molecular formula is C19H19BrO4. The minimum atomic E-state index is -1.39. The van der Waals surface area contributed by atoms with Crippen molar-refractivity contribution >= 4 is 33.6 Å². The molecular weight excluding hydrogens is 372 g/mol. The quantitative estimate of drug-likeness (QED) is 0.347. The second-order valence-electron chi connectivity index (χ2n) is 5.92. The van der Waals surface area contributed by atoms with Crippen LogP contribution in [0.3, 0.4) is 0 Å². The SMILES string of the molecule is C=C(C)CCC1C(=O)C(=C(O)C=Cc2ccc(Br)cc2)C(=O)C1O. The van der Waals surface area contributed by atoms with Crippen molar-refractivity contribution in [2.75, 3.05) is 0 Å². The van der Waals surface area contributed by atoms with Gasteiger partial charge in [-0.2, -0.15) is 0 Å². The summed E-state index contributed by atoms with van der Waals surface area (Å²) in [5.41, 5.74) is 1.37. The highest BCUT2D eigenvalue weighted by Gasteiger charge is 2.45. The van der Waals surface area contributed by atoms with Gasteiger partial charge < -0.3 is 10.2 Å². The van der Waals surface area contributed by atoms with E-state index in [0.717, 1.165) is 15.6 Å². The number of hydrogen-bond donors (Lipinski definition) is 2. The molecule has 0 heterocycles. The van der Waals surface area contributed by atoms with Crippen LogP contribution in [0.2, 0.25) is 0 Å². The van der Waals surface area contributed by atoms with Gasteiger partial charge in [0.2, 0.25) is 0 Å². The molecule has 0 aliphatic heterocycles. The highest BCUT2D eigenvalue weighted by Crippen LogP contribution is 2.30. The molecule has 1 aromatic carbocycles. The Morgan fingerprint density at radius 1 is 1.25 bits per heavy atom. The molecule has 0 amide bonds. The maximum Gasteiger partial charge on any atom is 0.199 e. The first-order valence-electron chi connectivity index (χ1n) is 7.59. The lowest BCUT2D eigenvalue weighted by molar-refractivity contribution is -0.124. The minimum absolute atomic E-state index is 0.317. The Kier molecular flexibility index (Phi) is 5.91. The van der Waals surface area contributed by atoms with Crippen LogP contribution >= 0.6 is 15.9 Å². The van der Waals surface area contributed by atoms with Crippen molar-refractivity contribution in [3.8, 4) is 0 Å². The van der Waals surface area contributed by atoms with E-state index < -0.39 is 29.3 Å². The van der Waals surface area contributed by atoms with Crippen LogP contribution in [-0.2, 0) is 9.59 Å². The number of ketones is 2. The molecule has 0 spiro atoms. The number of aliphatic hydroxyl groups is 2. The van der Waals surface area contributed by atoms with Crippen LogP contribution < -0.4 is 0 Å². The zero-order valence-electron chi connectivity index (χ0n) is 13.3.